The van der Waals surface area contributed by atoms with Crippen LogP contribution in [-0.4, -0.2) is 51.1 Å². The number of methoxy groups -OCH3 is 1. The molecule has 23 heavy (non-hydrogen) atoms. The number of amides is 1. The molecule has 1 aliphatic rings. The number of benzene rings is 1. The van der Waals surface area contributed by atoms with Gasteiger partial charge in [0.25, 0.3) is 0 Å². The largest absolute Gasteiger partial charge is 0.497 e. The van der Waals surface area contributed by atoms with Crippen LogP contribution in [0.3, 0.4) is 0 Å². The van der Waals surface area contributed by atoms with Crippen LogP contribution in [0.2, 0.25) is 0 Å². The number of likely N-dealkylation sites (tertiary alicyclic amines) is 1. The average molecular weight is 319 g/mol. The molecule has 0 spiro atoms. The number of rotatable bonds is 8. The highest BCUT2D eigenvalue weighted by molar-refractivity contribution is 5.76. The Kier molecular flexibility index (Phi) is 7.36. The Morgan fingerprint density at radius 2 is 1.91 bits per heavy atom. The highest BCUT2D eigenvalue weighted by Gasteiger charge is 2.22. The molecule has 0 aromatic heterocycles. The number of piperidine rings is 1. The summed E-state index contributed by atoms with van der Waals surface area (Å²) in [6, 6.07) is 8.44. The molecule has 0 saturated carbocycles. The Morgan fingerprint density at radius 1 is 1.22 bits per heavy atom. The van der Waals surface area contributed by atoms with Crippen molar-refractivity contribution in [3.8, 4) is 5.75 Å². The van der Waals surface area contributed by atoms with E-state index in [9.17, 15) is 4.79 Å². The van der Waals surface area contributed by atoms with Gasteiger partial charge in [-0.15, -0.1) is 0 Å². The third kappa shape index (κ3) is 5.52. The number of ether oxygens (including phenoxy) is 1. The van der Waals surface area contributed by atoms with Crippen LogP contribution >= 0.6 is 0 Å². The number of carbonyl (C=O) groups is 1. The summed E-state index contributed by atoms with van der Waals surface area (Å²) in [5, 5.41) is 6.10. The molecule has 1 heterocycles. The van der Waals surface area contributed by atoms with Crippen LogP contribution in [0.25, 0.3) is 0 Å². The lowest BCUT2D eigenvalue weighted by atomic mass is 10.0. The van der Waals surface area contributed by atoms with Crippen LogP contribution in [0.4, 0.5) is 0 Å². The molecule has 0 aliphatic carbocycles. The monoisotopic (exact) mass is 319 g/mol. The summed E-state index contributed by atoms with van der Waals surface area (Å²) in [6.45, 7) is 3.57. The van der Waals surface area contributed by atoms with Gasteiger partial charge in [-0.1, -0.05) is 18.6 Å². The standard InChI is InChI=1S/C18H29N3O2/c1-19-11-10-18(22)20-14-17(21-12-4-3-5-13-21)15-6-8-16(23-2)9-7-15/h6-9,17,19H,3-5,10-14H2,1-2H3,(H,20,22). The highest BCUT2D eigenvalue weighted by atomic mass is 16.5. The highest BCUT2D eigenvalue weighted by Crippen LogP contribution is 2.25. The first-order valence-corrected chi connectivity index (χ1v) is 8.54. The van der Waals surface area contributed by atoms with Crippen LogP contribution in [0, 0.1) is 0 Å². The third-order valence-corrected chi connectivity index (χ3v) is 4.43. The zero-order valence-electron chi connectivity index (χ0n) is 14.3. The second-order valence-corrected chi connectivity index (χ2v) is 6.04. The number of nitrogens with zero attached hydrogens (tertiary/aromatic N) is 1. The van der Waals surface area contributed by atoms with Crippen molar-refractivity contribution in [3.63, 3.8) is 0 Å². The molecule has 0 bridgehead atoms. The minimum atomic E-state index is 0.106. The minimum Gasteiger partial charge on any atom is -0.497 e. The van der Waals surface area contributed by atoms with Crippen molar-refractivity contribution in [1.29, 1.82) is 0 Å². The molecule has 5 nitrogen and oxygen atoms in total. The molecule has 1 unspecified atom stereocenters. The van der Waals surface area contributed by atoms with E-state index in [1.54, 1.807) is 7.11 Å². The topological polar surface area (TPSA) is 53.6 Å². The SMILES string of the molecule is CNCCC(=O)NCC(c1ccc(OC)cc1)N1CCCCC1. The molecule has 0 radical (unpaired) electrons. The van der Waals surface area contributed by atoms with Crippen LogP contribution in [-0.2, 0) is 4.79 Å². The molecule has 1 aromatic carbocycles. The van der Waals surface area contributed by atoms with E-state index in [2.05, 4.69) is 27.7 Å². The van der Waals surface area contributed by atoms with Gasteiger partial charge in [-0.3, -0.25) is 9.69 Å². The number of carbonyl (C=O) groups excluding carboxylic acids is 1. The Labute approximate surface area is 139 Å². The predicted molar refractivity (Wildman–Crippen MR) is 92.7 cm³/mol. The Balaban J connectivity index is 2.02. The lowest BCUT2D eigenvalue weighted by Crippen LogP contribution is -2.41. The summed E-state index contributed by atoms with van der Waals surface area (Å²) in [5.41, 5.74) is 1.24. The van der Waals surface area contributed by atoms with E-state index >= 15 is 0 Å². The van der Waals surface area contributed by atoms with Gasteiger partial charge in [-0.25, -0.2) is 0 Å². The second-order valence-electron chi connectivity index (χ2n) is 6.04. The van der Waals surface area contributed by atoms with Gasteiger partial charge in [0.05, 0.1) is 13.2 Å². The molecule has 128 valence electrons. The summed E-state index contributed by atoms with van der Waals surface area (Å²) in [7, 11) is 3.54. The van der Waals surface area contributed by atoms with Crippen molar-refractivity contribution in [2.75, 3.05) is 40.3 Å². The molecule has 1 aliphatic heterocycles. The predicted octanol–water partition coefficient (Wildman–Crippen LogP) is 1.95. The fourth-order valence-corrected chi connectivity index (χ4v) is 3.05. The van der Waals surface area contributed by atoms with E-state index in [-0.39, 0.29) is 11.9 Å². The van der Waals surface area contributed by atoms with Crippen molar-refractivity contribution in [3.05, 3.63) is 29.8 Å². The van der Waals surface area contributed by atoms with Crippen LogP contribution < -0.4 is 15.4 Å². The Bertz CT molecular complexity index is 470. The molecule has 1 fully saturated rings. The molecule has 2 rings (SSSR count). The van der Waals surface area contributed by atoms with Gasteiger partial charge in [0.15, 0.2) is 0 Å². The van der Waals surface area contributed by atoms with E-state index < -0.39 is 0 Å². The number of nitrogens with one attached hydrogen (secondary N) is 2. The molecule has 1 aromatic rings. The van der Waals surface area contributed by atoms with E-state index in [1.165, 1.54) is 24.8 Å². The normalized spacial score (nSPS) is 16.8. The lowest BCUT2D eigenvalue weighted by molar-refractivity contribution is -0.121. The molecule has 1 amide bonds. The van der Waals surface area contributed by atoms with Gasteiger partial charge in [0, 0.05) is 19.5 Å². The third-order valence-electron chi connectivity index (χ3n) is 4.43. The molecule has 1 saturated heterocycles. The Morgan fingerprint density at radius 3 is 2.52 bits per heavy atom. The fraction of sp³-hybridized carbons (Fsp3) is 0.611. The van der Waals surface area contributed by atoms with Gasteiger partial charge in [-0.2, -0.15) is 0 Å². The van der Waals surface area contributed by atoms with Crippen LogP contribution in [0.1, 0.15) is 37.3 Å². The summed E-state index contributed by atoms with van der Waals surface area (Å²) in [5.74, 6) is 0.971. The molecule has 1 atom stereocenters. The summed E-state index contributed by atoms with van der Waals surface area (Å²) in [6.07, 6.45) is 4.30. The van der Waals surface area contributed by atoms with E-state index in [1.807, 2.05) is 19.2 Å². The number of hydrogen-bond acceptors (Lipinski definition) is 4. The van der Waals surface area contributed by atoms with E-state index in [0.29, 0.717) is 19.5 Å². The average Bonchev–Trinajstić information content (AvgIpc) is 2.61. The quantitative estimate of drug-likeness (QED) is 0.769. The van der Waals surface area contributed by atoms with Gasteiger partial charge in [0.1, 0.15) is 5.75 Å². The first kappa shape index (κ1) is 17.8. The van der Waals surface area contributed by atoms with Gasteiger partial charge < -0.3 is 15.4 Å². The van der Waals surface area contributed by atoms with Gasteiger partial charge in [0.2, 0.25) is 5.91 Å². The Hall–Kier alpha value is -1.59. The lowest BCUT2D eigenvalue weighted by Gasteiger charge is -2.35. The minimum absolute atomic E-state index is 0.106. The fourth-order valence-electron chi connectivity index (χ4n) is 3.05. The maximum Gasteiger partial charge on any atom is 0.221 e. The summed E-state index contributed by atoms with van der Waals surface area (Å²) < 4.78 is 5.25. The van der Waals surface area contributed by atoms with E-state index in [4.69, 9.17) is 4.74 Å². The molecular weight excluding hydrogens is 290 g/mol. The zero-order valence-corrected chi connectivity index (χ0v) is 14.3. The molecule has 5 heteroatoms. The maximum atomic E-state index is 11.9. The van der Waals surface area contributed by atoms with Crippen molar-refractivity contribution < 1.29 is 9.53 Å². The smallest absolute Gasteiger partial charge is 0.221 e. The van der Waals surface area contributed by atoms with Crippen molar-refractivity contribution in [2.45, 2.75) is 31.7 Å². The van der Waals surface area contributed by atoms with Crippen molar-refractivity contribution >= 4 is 5.91 Å². The molecular formula is C18H29N3O2. The summed E-state index contributed by atoms with van der Waals surface area (Å²) >= 11 is 0. The van der Waals surface area contributed by atoms with Gasteiger partial charge >= 0.3 is 0 Å². The zero-order chi connectivity index (χ0) is 16.5. The van der Waals surface area contributed by atoms with Crippen LogP contribution in [0.5, 0.6) is 5.75 Å². The second kappa shape index (κ2) is 9.53. The maximum absolute atomic E-state index is 11.9. The van der Waals surface area contributed by atoms with Crippen molar-refractivity contribution in [2.24, 2.45) is 0 Å². The first-order valence-electron chi connectivity index (χ1n) is 8.54. The summed E-state index contributed by atoms with van der Waals surface area (Å²) in [4.78, 5) is 14.4. The number of hydrogen-bond donors (Lipinski definition) is 2. The first-order chi connectivity index (χ1) is 11.2. The van der Waals surface area contributed by atoms with Gasteiger partial charge in [-0.05, 0) is 50.7 Å². The van der Waals surface area contributed by atoms with Crippen LogP contribution in [0.15, 0.2) is 24.3 Å². The molecule has 2 N–H and O–H groups in total. The van der Waals surface area contributed by atoms with E-state index in [0.717, 1.165) is 18.8 Å². The van der Waals surface area contributed by atoms with Crippen molar-refractivity contribution in [1.82, 2.24) is 15.5 Å².